The highest BCUT2D eigenvalue weighted by molar-refractivity contribution is 6.37. The van der Waals surface area contributed by atoms with Crippen molar-refractivity contribution in [1.29, 1.82) is 0 Å². The number of nitrogen functional groups attached to an aromatic ring is 1. The van der Waals surface area contributed by atoms with Crippen molar-refractivity contribution >= 4 is 34.9 Å². The topological polar surface area (TPSA) is 61.5 Å². The Labute approximate surface area is 103 Å². The molecule has 0 fully saturated rings. The molecule has 0 radical (unpaired) electrons. The van der Waals surface area contributed by atoms with E-state index >= 15 is 0 Å². The molecule has 0 aliphatic carbocycles. The van der Waals surface area contributed by atoms with Gasteiger partial charge in [0.25, 0.3) is 0 Å². The van der Waals surface area contributed by atoms with Crippen LogP contribution in [-0.4, -0.2) is 19.2 Å². The van der Waals surface area contributed by atoms with Crippen molar-refractivity contribution in [3.8, 4) is 5.75 Å². The predicted octanol–water partition coefficient (Wildman–Crippen LogP) is 2.52. The number of hydrogen-bond donors (Lipinski definition) is 1. The molecule has 0 heterocycles. The van der Waals surface area contributed by atoms with Crippen molar-refractivity contribution in [3.05, 3.63) is 22.2 Å². The predicted molar refractivity (Wildman–Crippen MR) is 63.0 cm³/mol. The normalized spacial score (nSPS) is 9.94. The van der Waals surface area contributed by atoms with E-state index in [1.807, 2.05) is 0 Å². The summed E-state index contributed by atoms with van der Waals surface area (Å²) >= 11 is 11.7. The van der Waals surface area contributed by atoms with Crippen molar-refractivity contribution in [2.24, 2.45) is 0 Å². The van der Waals surface area contributed by atoms with E-state index in [0.717, 1.165) is 0 Å². The Balaban J connectivity index is 2.70. The quantitative estimate of drug-likeness (QED) is 0.670. The molecule has 2 N–H and O–H groups in total. The fraction of sp³-hybridized carbons (Fsp3) is 0.300. The van der Waals surface area contributed by atoms with Gasteiger partial charge in [-0.25, -0.2) is 4.79 Å². The Hall–Kier alpha value is -1.13. The minimum atomic E-state index is -0.480. The molecule has 6 heteroatoms. The van der Waals surface area contributed by atoms with Gasteiger partial charge in [-0.2, -0.15) is 0 Å². The van der Waals surface area contributed by atoms with Gasteiger partial charge in [0.15, 0.2) is 12.4 Å². The smallest absolute Gasteiger partial charge is 0.344 e. The van der Waals surface area contributed by atoms with Gasteiger partial charge in [-0.3, -0.25) is 0 Å². The molecule has 0 atom stereocenters. The van der Waals surface area contributed by atoms with Gasteiger partial charge in [0.2, 0.25) is 0 Å². The fourth-order valence-electron chi connectivity index (χ4n) is 1.05. The van der Waals surface area contributed by atoms with E-state index in [1.54, 1.807) is 6.92 Å². The number of rotatable bonds is 4. The highest BCUT2D eigenvalue weighted by Crippen LogP contribution is 2.34. The lowest BCUT2D eigenvalue weighted by molar-refractivity contribution is -0.145. The lowest BCUT2D eigenvalue weighted by Crippen LogP contribution is -2.14. The van der Waals surface area contributed by atoms with Crippen LogP contribution in [0.15, 0.2) is 12.1 Å². The van der Waals surface area contributed by atoms with Crippen LogP contribution >= 0.6 is 23.2 Å². The number of hydrogen-bond acceptors (Lipinski definition) is 4. The number of nitrogens with two attached hydrogens (primary N) is 1. The Kier molecular flexibility index (Phi) is 4.71. The molecule has 0 aliphatic heterocycles. The van der Waals surface area contributed by atoms with Gasteiger partial charge >= 0.3 is 5.97 Å². The standard InChI is InChI=1S/C10H11Cl2NO3/c1-2-15-9(14)5-16-10-7(11)3-6(13)4-8(10)12/h3-4H,2,5,13H2,1H3. The van der Waals surface area contributed by atoms with Crippen LogP contribution in [0.1, 0.15) is 6.92 Å². The first-order valence-electron chi connectivity index (χ1n) is 4.57. The number of esters is 1. The molecule has 0 aliphatic rings. The zero-order valence-electron chi connectivity index (χ0n) is 8.63. The summed E-state index contributed by atoms with van der Waals surface area (Å²) in [4.78, 5) is 11.0. The van der Waals surface area contributed by atoms with Crippen LogP contribution in [0.3, 0.4) is 0 Å². The number of anilines is 1. The minimum Gasteiger partial charge on any atom is -0.479 e. The molecule has 0 saturated heterocycles. The first kappa shape index (κ1) is 12.9. The molecule has 16 heavy (non-hydrogen) atoms. The van der Waals surface area contributed by atoms with Crippen molar-refractivity contribution in [3.63, 3.8) is 0 Å². The molecule has 1 aromatic carbocycles. The van der Waals surface area contributed by atoms with E-state index in [2.05, 4.69) is 0 Å². The molecule has 0 bridgehead atoms. The summed E-state index contributed by atoms with van der Waals surface area (Å²) in [7, 11) is 0. The van der Waals surface area contributed by atoms with E-state index in [4.69, 9.17) is 38.4 Å². The highest BCUT2D eigenvalue weighted by Gasteiger charge is 2.11. The molecule has 0 amide bonds. The van der Waals surface area contributed by atoms with Gasteiger partial charge in [-0.1, -0.05) is 23.2 Å². The van der Waals surface area contributed by atoms with Crippen molar-refractivity contribution in [2.75, 3.05) is 18.9 Å². The van der Waals surface area contributed by atoms with E-state index in [0.29, 0.717) is 12.3 Å². The summed E-state index contributed by atoms with van der Waals surface area (Å²) in [5.41, 5.74) is 5.95. The average Bonchev–Trinajstić information content (AvgIpc) is 2.16. The van der Waals surface area contributed by atoms with Crippen LogP contribution in [-0.2, 0) is 9.53 Å². The van der Waals surface area contributed by atoms with Crippen LogP contribution in [0.4, 0.5) is 5.69 Å². The first-order chi connectivity index (χ1) is 7.54. The third-order valence-corrected chi connectivity index (χ3v) is 2.22. The Morgan fingerprint density at radius 1 is 1.38 bits per heavy atom. The van der Waals surface area contributed by atoms with Gasteiger partial charge in [0, 0.05) is 5.69 Å². The zero-order chi connectivity index (χ0) is 12.1. The molecule has 1 rings (SSSR count). The maximum absolute atomic E-state index is 11.0. The maximum Gasteiger partial charge on any atom is 0.344 e. The molecule has 0 spiro atoms. The number of benzene rings is 1. The summed E-state index contributed by atoms with van der Waals surface area (Å²) in [5.74, 6) is -0.253. The molecule has 1 aromatic rings. The van der Waals surface area contributed by atoms with Crippen molar-refractivity contribution in [2.45, 2.75) is 6.92 Å². The first-order valence-corrected chi connectivity index (χ1v) is 5.33. The average molecular weight is 264 g/mol. The summed E-state index contributed by atoms with van der Waals surface area (Å²) in [6, 6.07) is 2.99. The number of carbonyl (C=O) groups is 1. The Bertz CT molecular complexity index is 373. The third kappa shape index (κ3) is 3.47. The van der Waals surface area contributed by atoms with Gasteiger partial charge in [0.05, 0.1) is 16.7 Å². The second-order valence-corrected chi connectivity index (χ2v) is 3.72. The number of ether oxygens (including phenoxy) is 2. The molecule has 0 aromatic heterocycles. The van der Waals surface area contributed by atoms with Crippen LogP contribution < -0.4 is 10.5 Å². The molecule has 4 nitrogen and oxygen atoms in total. The Morgan fingerprint density at radius 3 is 2.44 bits per heavy atom. The van der Waals surface area contributed by atoms with E-state index in [-0.39, 0.29) is 22.4 Å². The van der Waals surface area contributed by atoms with Crippen LogP contribution in [0.5, 0.6) is 5.75 Å². The van der Waals surface area contributed by atoms with Gasteiger partial charge in [-0.05, 0) is 19.1 Å². The summed E-state index contributed by atoms with van der Waals surface area (Å²) in [6.45, 7) is 1.77. The maximum atomic E-state index is 11.0. The monoisotopic (exact) mass is 263 g/mol. The molecular formula is C10H11Cl2NO3. The molecular weight excluding hydrogens is 253 g/mol. The van der Waals surface area contributed by atoms with E-state index in [1.165, 1.54) is 12.1 Å². The SMILES string of the molecule is CCOC(=O)COc1c(Cl)cc(N)cc1Cl. The third-order valence-electron chi connectivity index (χ3n) is 1.66. The lowest BCUT2D eigenvalue weighted by Gasteiger charge is -2.09. The second-order valence-electron chi connectivity index (χ2n) is 2.91. The zero-order valence-corrected chi connectivity index (χ0v) is 10.1. The molecule has 88 valence electrons. The molecule has 0 saturated carbocycles. The van der Waals surface area contributed by atoms with Gasteiger partial charge < -0.3 is 15.2 Å². The largest absolute Gasteiger partial charge is 0.479 e. The summed E-state index contributed by atoms with van der Waals surface area (Å²) in [6.07, 6.45) is 0. The minimum absolute atomic E-state index is 0.227. The van der Waals surface area contributed by atoms with E-state index < -0.39 is 5.97 Å². The van der Waals surface area contributed by atoms with E-state index in [9.17, 15) is 4.79 Å². The van der Waals surface area contributed by atoms with Gasteiger partial charge in [0.1, 0.15) is 0 Å². The number of carbonyl (C=O) groups excluding carboxylic acids is 1. The van der Waals surface area contributed by atoms with Crippen LogP contribution in [0.2, 0.25) is 10.0 Å². The molecule has 0 unspecified atom stereocenters. The Morgan fingerprint density at radius 2 is 1.94 bits per heavy atom. The van der Waals surface area contributed by atoms with Crippen molar-refractivity contribution < 1.29 is 14.3 Å². The highest BCUT2D eigenvalue weighted by atomic mass is 35.5. The summed E-state index contributed by atoms with van der Waals surface area (Å²) in [5, 5.41) is 0.517. The van der Waals surface area contributed by atoms with Crippen LogP contribution in [0.25, 0.3) is 0 Å². The summed E-state index contributed by atoms with van der Waals surface area (Å²) < 4.78 is 9.84. The number of halogens is 2. The lowest BCUT2D eigenvalue weighted by atomic mass is 10.3. The van der Waals surface area contributed by atoms with Crippen LogP contribution in [0, 0.1) is 0 Å². The van der Waals surface area contributed by atoms with Crippen molar-refractivity contribution in [1.82, 2.24) is 0 Å². The second kappa shape index (κ2) is 5.82. The fourth-order valence-corrected chi connectivity index (χ4v) is 1.66. The van der Waals surface area contributed by atoms with Gasteiger partial charge in [-0.15, -0.1) is 0 Å².